The van der Waals surface area contributed by atoms with Crippen LogP contribution >= 0.6 is 0 Å². The average molecular weight is 299 g/mol. The second kappa shape index (κ2) is 7.74. The smallest absolute Gasteiger partial charge is 0.117 e. The fourth-order valence-electron chi connectivity index (χ4n) is 2.89. The highest BCUT2D eigenvalue weighted by molar-refractivity contribution is 5.51. The van der Waals surface area contributed by atoms with Crippen LogP contribution in [0.2, 0.25) is 0 Å². The lowest BCUT2D eigenvalue weighted by atomic mass is 10.1. The molecule has 3 heteroatoms. The maximum absolute atomic E-state index is 9.75. The summed E-state index contributed by atoms with van der Waals surface area (Å²) < 4.78 is 0. The van der Waals surface area contributed by atoms with Crippen molar-refractivity contribution in [3.8, 4) is 11.5 Å². The van der Waals surface area contributed by atoms with Gasteiger partial charge in [0, 0.05) is 24.3 Å². The molecule has 2 aromatic carbocycles. The zero-order valence-corrected chi connectivity index (χ0v) is 13.4. The molecule has 0 spiro atoms. The largest absolute Gasteiger partial charge is 0.508 e. The van der Waals surface area contributed by atoms with Gasteiger partial charge in [-0.3, -0.25) is 0 Å². The summed E-state index contributed by atoms with van der Waals surface area (Å²) >= 11 is 0. The van der Waals surface area contributed by atoms with E-state index in [1.165, 1.54) is 0 Å². The molecular formula is C19H25NO2. The van der Waals surface area contributed by atoms with E-state index < -0.39 is 0 Å². The van der Waals surface area contributed by atoms with Gasteiger partial charge in [-0.2, -0.15) is 0 Å². The van der Waals surface area contributed by atoms with E-state index in [9.17, 15) is 10.2 Å². The maximum Gasteiger partial charge on any atom is 0.117 e. The number of phenols is 2. The van der Waals surface area contributed by atoms with E-state index in [2.05, 4.69) is 18.7 Å². The first-order valence-electron chi connectivity index (χ1n) is 7.97. The zero-order valence-electron chi connectivity index (χ0n) is 13.4. The van der Waals surface area contributed by atoms with Crippen molar-refractivity contribution in [2.45, 2.75) is 39.2 Å². The van der Waals surface area contributed by atoms with E-state index in [0.717, 1.165) is 37.1 Å². The Balaban J connectivity index is 2.17. The van der Waals surface area contributed by atoms with Gasteiger partial charge >= 0.3 is 0 Å². The van der Waals surface area contributed by atoms with Crippen LogP contribution in [-0.4, -0.2) is 22.8 Å². The average Bonchev–Trinajstić information content (AvgIpc) is 2.51. The van der Waals surface area contributed by atoms with Gasteiger partial charge in [0.15, 0.2) is 0 Å². The molecule has 0 aliphatic heterocycles. The van der Waals surface area contributed by atoms with Crippen molar-refractivity contribution in [1.29, 1.82) is 0 Å². The normalized spacial score (nSPS) is 10.9. The first-order chi connectivity index (χ1) is 10.6. The molecule has 0 saturated heterocycles. The standard InChI is InChI=1S/C19H25NO2/c1-3-16(4-2)20(17-8-6-10-19(22)14-17)12-11-15-7-5-9-18(21)13-15/h5-10,13-14,16,21-22H,3-4,11-12H2,1-2H3. The van der Waals surface area contributed by atoms with Crippen molar-refractivity contribution in [2.24, 2.45) is 0 Å². The van der Waals surface area contributed by atoms with E-state index in [-0.39, 0.29) is 0 Å². The Morgan fingerprint density at radius 1 is 0.909 bits per heavy atom. The topological polar surface area (TPSA) is 43.7 Å². The minimum absolute atomic E-state index is 0.297. The monoisotopic (exact) mass is 299 g/mol. The quantitative estimate of drug-likeness (QED) is 0.799. The molecule has 3 nitrogen and oxygen atoms in total. The second-order valence-electron chi connectivity index (χ2n) is 5.60. The lowest BCUT2D eigenvalue weighted by Crippen LogP contribution is -2.36. The fraction of sp³-hybridized carbons (Fsp3) is 0.368. The number of anilines is 1. The van der Waals surface area contributed by atoms with Gasteiger partial charge in [0.1, 0.15) is 11.5 Å². The lowest BCUT2D eigenvalue weighted by Gasteiger charge is -2.33. The highest BCUT2D eigenvalue weighted by Crippen LogP contribution is 2.25. The minimum atomic E-state index is 0.297. The van der Waals surface area contributed by atoms with Crippen molar-refractivity contribution in [1.82, 2.24) is 0 Å². The van der Waals surface area contributed by atoms with Crippen molar-refractivity contribution in [3.63, 3.8) is 0 Å². The SMILES string of the molecule is CCC(CC)N(CCc1cccc(O)c1)c1cccc(O)c1. The third kappa shape index (κ3) is 4.17. The van der Waals surface area contributed by atoms with Gasteiger partial charge in [-0.05, 0) is 49.1 Å². The van der Waals surface area contributed by atoms with Crippen LogP contribution in [0.15, 0.2) is 48.5 Å². The first kappa shape index (κ1) is 16.2. The molecular weight excluding hydrogens is 274 g/mol. The zero-order chi connectivity index (χ0) is 15.9. The van der Waals surface area contributed by atoms with Gasteiger partial charge in [-0.1, -0.05) is 32.0 Å². The Kier molecular flexibility index (Phi) is 5.70. The highest BCUT2D eigenvalue weighted by Gasteiger charge is 2.16. The number of benzene rings is 2. The maximum atomic E-state index is 9.75. The third-order valence-corrected chi connectivity index (χ3v) is 4.10. The molecule has 0 unspecified atom stereocenters. The summed E-state index contributed by atoms with van der Waals surface area (Å²) in [5, 5.41) is 19.3. The van der Waals surface area contributed by atoms with Gasteiger partial charge in [0.25, 0.3) is 0 Å². The summed E-state index contributed by atoms with van der Waals surface area (Å²) in [5.74, 6) is 0.606. The Morgan fingerprint density at radius 3 is 2.14 bits per heavy atom. The Labute approximate surface area is 132 Å². The van der Waals surface area contributed by atoms with Crippen molar-refractivity contribution in [2.75, 3.05) is 11.4 Å². The molecule has 2 rings (SSSR count). The van der Waals surface area contributed by atoms with Crippen LogP contribution in [0, 0.1) is 0 Å². The molecule has 2 N–H and O–H groups in total. The molecule has 0 bridgehead atoms. The summed E-state index contributed by atoms with van der Waals surface area (Å²) in [5.41, 5.74) is 2.17. The highest BCUT2D eigenvalue weighted by atomic mass is 16.3. The minimum Gasteiger partial charge on any atom is -0.508 e. The fourth-order valence-corrected chi connectivity index (χ4v) is 2.89. The van der Waals surface area contributed by atoms with E-state index in [1.54, 1.807) is 12.1 Å². The number of rotatable bonds is 7. The van der Waals surface area contributed by atoms with Crippen molar-refractivity contribution < 1.29 is 10.2 Å². The van der Waals surface area contributed by atoms with Crippen LogP contribution in [0.1, 0.15) is 32.3 Å². The molecule has 22 heavy (non-hydrogen) atoms. The van der Waals surface area contributed by atoms with Crippen LogP contribution in [0.4, 0.5) is 5.69 Å². The molecule has 2 aromatic rings. The summed E-state index contributed by atoms with van der Waals surface area (Å²) in [7, 11) is 0. The van der Waals surface area contributed by atoms with E-state index in [1.807, 2.05) is 36.4 Å². The van der Waals surface area contributed by atoms with Gasteiger partial charge < -0.3 is 15.1 Å². The van der Waals surface area contributed by atoms with Crippen molar-refractivity contribution >= 4 is 5.69 Å². The molecule has 0 amide bonds. The van der Waals surface area contributed by atoms with E-state index in [4.69, 9.17) is 0 Å². The molecule has 0 saturated carbocycles. The van der Waals surface area contributed by atoms with Crippen LogP contribution < -0.4 is 4.90 Å². The predicted molar refractivity (Wildman–Crippen MR) is 91.6 cm³/mol. The third-order valence-electron chi connectivity index (χ3n) is 4.10. The Hall–Kier alpha value is -2.16. The number of phenolic OH excluding ortho intramolecular Hbond substituents is 2. The Bertz CT molecular complexity index is 593. The predicted octanol–water partition coefficient (Wildman–Crippen LogP) is 4.34. The van der Waals surface area contributed by atoms with Gasteiger partial charge in [-0.25, -0.2) is 0 Å². The summed E-state index contributed by atoms with van der Waals surface area (Å²) in [6, 6.07) is 15.3. The first-order valence-corrected chi connectivity index (χ1v) is 7.97. The van der Waals surface area contributed by atoms with Gasteiger partial charge in [0.2, 0.25) is 0 Å². The molecule has 118 valence electrons. The molecule has 0 radical (unpaired) electrons. The number of aromatic hydroxyl groups is 2. The van der Waals surface area contributed by atoms with E-state index in [0.29, 0.717) is 17.5 Å². The number of hydrogen-bond acceptors (Lipinski definition) is 3. The van der Waals surface area contributed by atoms with Gasteiger partial charge in [0.05, 0.1) is 0 Å². The van der Waals surface area contributed by atoms with Crippen LogP contribution in [0.25, 0.3) is 0 Å². The van der Waals surface area contributed by atoms with Crippen LogP contribution in [-0.2, 0) is 6.42 Å². The van der Waals surface area contributed by atoms with Crippen molar-refractivity contribution in [3.05, 3.63) is 54.1 Å². The molecule has 0 fully saturated rings. The second-order valence-corrected chi connectivity index (χ2v) is 5.60. The lowest BCUT2D eigenvalue weighted by molar-refractivity contribution is 0.474. The molecule has 0 aliphatic carbocycles. The summed E-state index contributed by atoms with van der Waals surface area (Å²) in [6.07, 6.45) is 2.99. The van der Waals surface area contributed by atoms with Crippen LogP contribution in [0.3, 0.4) is 0 Å². The number of nitrogens with zero attached hydrogens (tertiary/aromatic N) is 1. The number of hydrogen-bond donors (Lipinski definition) is 2. The molecule has 0 aromatic heterocycles. The van der Waals surface area contributed by atoms with Gasteiger partial charge in [-0.15, -0.1) is 0 Å². The molecule has 0 aliphatic rings. The summed E-state index contributed by atoms with van der Waals surface area (Å²) in [6.45, 7) is 5.25. The molecule has 0 heterocycles. The van der Waals surface area contributed by atoms with E-state index >= 15 is 0 Å². The summed E-state index contributed by atoms with van der Waals surface area (Å²) in [4.78, 5) is 2.35. The Morgan fingerprint density at radius 2 is 1.55 bits per heavy atom. The van der Waals surface area contributed by atoms with Crippen LogP contribution in [0.5, 0.6) is 11.5 Å². The molecule has 0 atom stereocenters.